The molecular formula is C24H32N2O4S4. The summed E-state index contributed by atoms with van der Waals surface area (Å²) in [5, 5.41) is 36.7. The van der Waals surface area contributed by atoms with Crippen molar-refractivity contribution in [1.82, 2.24) is 9.97 Å². The van der Waals surface area contributed by atoms with E-state index in [0.29, 0.717) is 23.0 Å². The third-order valence-electron chi connectivity index (χ3n) is 5.05. The molecule has 0 aliphatic carbocycles. The normalized spacial score (nSPS) is 11.6. The average molecular weight is 541 g/mol. The van der Waals surface area contributed by atoms with Crippen molar-refractivity contribution in [3.8, 4) is 0 Å². The summed E-state index contributed by atoms with van der Waals surface area (Å²) in [6.45, 7) is 0.640. The first-order valence-corrected chi connectivity index (χ1v) is 15.8. The fourth-order valence-electron chi connectivity index (χ4n) is 3.47. The van der Waals surface area contributed by atoms with E-state index in [4.69, 9.17) is 30.4 Å². The minimum atomic E-state index is 0.160. The van der Waals surface area contributed by atoms with Crippen LogP contribution in [-0.4, -0.2) is 79.8 Å². The molecule has 3 aromatic rings. The molecule has 0 bridgehead atoms. The minimum Gasteiger partial charge on any atom is -0.396 e. The van der Waals surface area contributed by atoms with Gasteiger partial charge in [-0.05, 0) is 46.5 Å². The highest BCUT2D eigenvalue weighted by molar-refractivity contribution is 7.99. The Hall–Kier alpha value is -0.720. The van der Waals surface area contributed by atoms with Crippen LogP contribution in [0.15, 0.2) is 24.3 Å². The number of thioether (sulfide) groups is 4. The van der Waals surface area contributed by atoms with E-state index in [-0.39, 0.29) is 26.4 Å². The van der Waals surface area contributed by atoms with Crippen LogP contribution in [0.25, 0.3) is 22.1 Å². The molecule has 0 saturated carbocycles. The highest BCUT2D eigenvalue weighted by atomic mass is 32.2. The molecule has 3 rings (SSSR count). The van der Waals surface area contributed by atoms with E-state index in [0.717, 1.165) is 45.1 Å². The molecule has 0 aliphatic heterocycles. The summed E-state index contributed by atoms with van der Waals surface area (Å²) in [7, 11) is 0. The van der Waals surface area contributed by atoms with Crippen molar-refractivity contribution in [1.29, 1.82) is 0 Å². The lowest BCUT2D eigenvalue weighted by molar-refractivity contribution is 0.322. The second-order valence-electron chi connectivity index (χ2n) is 7.55. The van der Waals surface area contributed by atoms with Gasteiger partial charge in [-0.25, -0.2) is 9.97 Å². The fourth-order valence-corrected chi connectivity index (χ4v) is 6.52. The predicted molar refractivity (Wildman–Crippen MR) is 150 cm³/mol. The van der Waals surface area contributed by atoms with Crippen LogP contribution in [0.1, 0.15) is 22.3 Å². The summed E-state index contributed by atoms with van der Waals surface area (Å²) in [5.41, 5.74) is 8.22. The maximum atomic E-state index is 9.17. The summed E-state index contributed by atoms with van der Waals surface area (Å²) in [4.78, 5) is 9.91. The number of fused-ring (bicyclic) bond motifs is 2. The Kier molecular flexibility index (Phi) is 12.6. The van der Waals surface area contributed by atoms with Crippen molar-refractivity contribution in [3.05, 3.63) is 46.5 Å². The molecule has 0 saturated heterocycles. The molecule has 1 heterocycles. The van der Waals surface area contributed by atoms with Crippen LogP contribution in [0.2, 0.25) is 0 Å². The number of aliphatic hydroxyl groups is 4. The van der Waals surface area contributed by atoms with E-state index >= 15 is 0 Å². The number of aromatic nitrogens is 2. The lowest BCUT2D eigenvalue weighted by Crippen LogP contribution is -2.00. The van der Waals surface area contributed by atoms with Crippen molar-refractivity contribution in [2.75, 3.05) is 49.4 Å². The number of aliphatic hydroxyl groups excluding tert-OH is 4. The van der Waals surface area contributed by atoms with Gasteiger partial charge < -0.3 is 20.4 Å². The number of hydrogen-bond donors (Lipinski definition) is 4. The lowest BCUT2D eigenvalue weighted by atomic mass is 10.1. The van der Waals surface area contributed by atoms with Crippen LogP contribution in [-0.2, 0) is 23.0 Å². The van der Waals surface area contributed by atoms with Gasteiger partial charge in [0.1, 0.15) is 0 Å². The third-order valence-corrected chi connectivity index (χ3v) is 8.99. The van der Waals surface area contributed by atoms with Gasteiger partial charge in [0.2, 0.25) is 0 Å². The molecule has 0 radical (unpaired) electrons. The smallest absolute Gasteiger partial charge is 0.0897 e. The molecule has 1 aromatic heterocycles. The van der Waals surface area contributed by atoms with Crippen LogP contribution in [0.5, 0.6) is 0 Å². The number of rotatable bonds is 16. The Morgan fingerprint density at radius 3 is 0.882 bits per heavy atom. The molecule has 0 atom stereocenters. The van der Waals surface area contributed by atoms with Crippen LogP contribution < -0.4 is 0 Å². The zero-order valence-electron chi connectivity index (χ0n) is 19.1. The molecule has 0 amide bonds. The lowest BCUT2D eigenvalue weighted by Gasteiger charge is -2.13. The van der Waals surface area contributed by atoms with Gasteiger partial charge >= 0.3 is 0 Å². The van der Waals surface area contributed by atoms with Crippen molar-refractivity contribution in [2.45, 2.75) is 23.0 Å². The highest BCUT2D eigenvalue weighted by Crippen LogP contribution is 2.29. The van der Waals surface area contributed by atoms with Crippen LogP contribution in [0.3, 0.4) is 0 Å². The second-order valence-corrected chi connectivity index (χ2v) is 12.0. The Balaban J connectivity index is 2.00. The Bertz CT molecular complexity index is 894. The highest BCUT2D eigenvalue weighted by Gasteiger charge is 2.12. The van der Waals surface area contributed by atoms with E-state index in [2.05, 4.69) is 24.3 Å². The van der Waals surface area contributed by atoms with Gasteiger partial charge in [0, 0.05) is 46.0 Å². The Morgan fingerprint density at radius 2 is 0.676 bits per heavy atom. The van der Waals surface area contributed by atoms with Crippen LogP contribution >= 0.6 is 47.0 Å². The Labute approximate surface area is 217 Å². The predicted octanol–water partition coefficient (Wildman–Crippen LogP) is 3.69. The van der Waals surface area contributed by atoms with E-state index in [9.17, 15) is 0 Å². The van der Waals surface area contributed by atoms with Gasteiger partial charge in [-0.2, -0.15) is 47.0 Å². The molecule has 0 spiro atoms. The van der Waals surface area contributed by atoms with Gasteiger partial charge in [-0.15, -0.1) is 0 Å². The maximum absolute atomic E-state index is 9.17. The van der Waals surface area contributed by atoms with Gasteiger partial charge in [0.05, 0.1) is 48.5 Å². The molecule has 34 heavy (non-hydrogen) atoms. The topological polar surface area (TPSA) is 107 Å². The molecule has 6 nitrogen and oxygen atoms in total. The zero-order valence-corrected chi connectivity index (χ0v) is 22.4. The first-order valence-electron chi connectivity index (χ1n) is 11.2. The van der Waals surface area contributed by atoms with Gasteiger partial charge in [0.15, 0.2) is 0 Å². The van der Waals surface area contributed by atoms with Gasteiger partial charge in [-0.1, -0.05) is 0 Å². The summed E-state index contributed by atoms with van der Waals surface area (Å²) in [6.07, 6.45) is 0. The van der Waals surface area contributed by atoms with E-state index < -0.39 is 0 Å². The first-order chi connectivity index (χ1) is 16.7. The standard InChI is InChI=1S/C24H32N2O4S4/c27-1-5-31-13-17-9-21-22(10-18(17)14-32-6-2-28)26-24-12-20(16-34-8-4-30)19(11-23(24)25-21)15-33-7-3-29/h9-12,27-30H,1-8,13-16H2. The van der Waals surface area contributed by atoms with Crippen molar-refractivity contribution >= 4 is 69.1 Å². The van der Waals surface area contributed by atoms with Crippen LogP contribution in [0.4, 0.5) is 0 Å². The summed E-state index contributed by atoms with van der Waals surface area (Å²) in [6, 6.07) is 8.47. The van der Waals surface area contributed by atoms with E-state index in [1.807, 2.05) is 0 Å². The van der Waals surface area contributed by atoms with Gasteiger partial charge in [-0.3, -0.25) is 0 Å². The molecule has 186 valence electrons. The largest absolute Gasteiger partial charge is 0.396 e. The minimum absolute atomic E-state index is 0.160. The third kappa shape index (κ3) is 8.16. The van der Waals surface area contributed by atoms with E-state index in [1.54, 1.807) is 47.0 Å². The Morgan fingerprint density at radius 1 is 0.441 bits per heavy atom. The first kappa shape index (κ1) is 27.9. The molecule has 0 fully saturated rings. The molecule has 0 aliphatic rings. The number of benzene rings is 2. The molecule has 0 unspecified atom stereocenters. The fraction of sp³-hybridized carbons (Fsp3) is 0.500. The maximum Gasteiger partial charge on any atom is 0.0897 e. The van der Waals surface area contributed by atoms with E-state index in [1.165, 1.54) is 22.3 Å². The quantitative estimate of drug-likeness (QED) is 0.159. The monoisotopic (exact) mass is 540 g/mol. The van der Waals surface area contributed by atoms with Crippen LogP contribution in [0, 0.1) is 0 Å². The van der Waals surface area contributed by atoms with Crippen molar-refractivity contribution in [3.63, 3.8) is 0 Å². The molecule has 10 heteroatoms. The summed E-state index contributed by atoms with van der Waals surface area (Å²) in [5.74, 6) is 5.97. The SMILES string of the molecule is OCCSCc1cc2nc3cc(CSCCO)c(CSCCO)cc3nc2cc1CSCCO. The second kappa shape index (κ2) is 15.4. The zero-order chi connectivity index (χ0) is 24.2. The number of hydrogen-bond acceptors (Lipinski definition) is 10. The molecular weight excluding hydrogens is 509 g/mol. The van der Waals surface area contributed by atoms with Crippen molar-refractivity contribution in [2.24, 2.45) is 0 Å². The summed E-state index contributed by atoms with van der Waals surface area (Å²) >= 11 is 6.79. The van der Waals surface area contributed by atoms with Crippen molar-refractivity contribution < 1.29 is 20.4 Å². The number of nitrogens with zero attached hydrogens (tertiary/aromatic N) is 2. The molecule has 4 N–H and O–H groups in total. The summed E-state index contributed by atoms with van der Waals surface area (Å²) < 4.78 is 0. The molecule has 2 aromatic carbocycles. The average Bonchev–Trinajstić information content (AvgIpc) is 2.84. The van der Waals surface area contributed by atoms with Gasteiger partial charge in [0.25, 0.3) is 0 Å².